The van der Waals surface area contributed by atoms with Crippen molar-refractivity contribution in [1.29, 1.82) is 0 Å². The summed E-state index contributed by atoms with van der Waals surface area (Å²) < 4.78 is 5.19. The molecule has 2 aromatic heterocycles. The first kappa shape index (κ1) is 13.2. The summed E-state index contributed by atoms with van der Waals surface area (Å²) in [6.45, 7) is 4.45. The first-order chi connectivity index (χ1) is 10.3. The van der Waals surface area contributed by atoms with E-state index in [4.69, 9.17) is 4.74 Å². The van der Waals surface area contributed by atoms with Gasteiger partial charge in [0.15, 0.2) is 0 Å². The SMILES string of the molecule is C=CCNc1ccnc2[nH]c(-c3ccc(OC)cc3)cc12. The summed E-state index contributed by atoms with van der Waals surface area (Å²) in [6, 6.07) is 12.0. The lowest BCUT2D eigenvalue weighted by atomic mass is 10.1. The highest BCUT2D eigenvalue weighted by atomic mass is 16.5. The van der Waals surface area contributed by atoms with Crippen molar-refractivity contribution in [2.45, 2.75) is 0 Å². The van der Waals surface area contributed by atoms with Crippen LogP contribution in [0.3, 0.4) is 0 Å². The fourth-order valence-electron chi connectivity index (χ4n) is 2.29. The second-order valence-electron chi connectivity index (χ2n) is 4.70. The second kappa shape index (κ2) is 5.71. The Bertz CT molecular complexity index is 759. The largest absolute Gasteiger partial charge is 0.497 e. The predicted molar refractivity (Wildman–Crippen MR) is 86.8 cm³/mol. The van der Waals surface area contributed by atoms with Crippen LogP contribution in [-0.2, 0) is 0 Å². The van der Waals surface area contributed by atoms with Gasteiger partial charge in [0.25, 0.3) is 0 Å². The summed E-state index contributed by atoms with van der Waals surface area (Å²) in [5, 5.41) is 4.40. The normalized spacial score (nSPS) is 10.5. The monoisotopic (exact) mass is 279 g/mol. The molecule has 4 nitrogen and oxygen atoms in total. The Labute approximate surface area is 123 Å². The number of pyridine rings is 1. The van der Waals surface area contributed by atoms with E-state index in [9.17, 15) is 0 Å². The van der Waals surface area contributed by atoms with Crippen LogP contribution in [0.2, 0.25) is 0 Å². The summed E-state index contributed by atoms with van der Waals surface area (Å²) in [6.07, 6.45) is 3.63. The number of ether oxygens (including phenoxy) is 1. The van der Waals surface area contributed by atoms with Gasteiger partial charge in [-0.1, -0.05) is 6.08 Å². The van der Waals surface area contributed by atoms with Crippen molar-refractivity contribution in [2.24, 2.45) is 0 Å². The van der Waals surface area contributed by atoms with E-state index < -0.39 is 0 Å². The van der Waals surface area contributed by atoms with E-state index in [-0.39, 0.29) is 0 Å². The number of methoxy groups -OCH3 is 1. The average molecular weight is 279 g/mol. The number of nitrogens with zero attached hydrogens (tertiary/aromatic N) is 1. The minimum Gasteiger partial charge on any atom is -0.497 e. The van der Waals surface area contributed by atoms with Crippen LogP contribution in [0.5, 0.6) is 5.75 Å². The van der Waals surface area contributed by atoms with Crippen molar-refractivity contribution in [2.75, 3.05) is 19.0 Å². The van der Waals surface area contributed by atoms with Crippen LogP contribution in [-0.4, -0.2) is 23.6 Å². The van der Waals surface area contributed by atoms with Gasteiger partial charge < -0.3 is 15.0 Å². The predicted octanol–water partition coefficient (Wildman–Crippen LogP) is 3.84. The van der Waals surface area contributed by atoms with Gasteiger partial charge in [-0.05, 0) is 42.0 Å². The first-order valence-electron chi connectivity index (χ1n) is 6.78. The number of nitrogens with one attached hydrogen (secondary N) is 2. The zero-order valence-corrected chi connectivity index (χ0v) is 11.9. The molecule has 0 saturated heterocycles. The van der Waals surface area contributed by atoms with Crippen molar-refractivity contribution in [3.8, 4) is 17.0 Å². The molecule has 106 valence electrons. The molecule has 0 radical (unpaired) electrons. The molecule has 0 aliphatic rings. The Morgan fingerprint density at radius 2 is 2.10 bits per heavy atom. The van der Waals surface area contributed by atoms with Gasteiger partial charge in [0, 0.05) is 29.5 Å². The van der Waals surface area contributed by atoms with Crippen LogP contribution < -0.4 is 10.1 Å². The number of anilines is 1. The summed E-state index contributed by atoms with van der Waals surface area (Å²) in [5.74, 6) is 0.848. The molecular formula is C17H17N3O. The number of H-pyrrole nitrogens is 1. The van der Waals surface area contributed by atoms with Crippen molar-refractivity contribution in [1.82, 2.24) is 9.97 Å². The van der Waals surface area contributed by atoms with Gasteiger partial charge in [-0.3, -0.25) is 0 Å². The number of hydrogen-bond acceptors (Lipinski definition) is 3. The lowest BCUT2D eigenvalue weighted by molar-refractivity contribution is 0.415. The van der Waals surface area contributed by atoms with E-state index in [2.05, 4.69) is 27.9 Å². The van der Waals surface area contributed by atoms with Crippen LogP contribution in [0.25, 0.3) is 22.3 Å². The molecule has 3 aromatic rings. The molecule has 0 bridgehead atoms. The van der Waals surface area contributed by atoms with Gasteiger partial charge in [0.1, 0.15) is 11.4 Å². The minimum atomic E-state index is 0.724. The number of aromatic nitrogens is 2. The molecule has 21 heavy (non-hydrogen) atoms. The quantitative estimate of drug-likeness (QED) is 0.698. The van der Waals surface area contributed by atoms with Crippen molar-refractivity contribution < 1.29 is 4.74 Å². The Morgan fingerprint density at radius 1 is 1.29 bits per heavy atom. The van der Waals surface area contributed by atoms with E-state index in [1.54, 1.807) is 13.3 Å². The van der Waals surface area contributed by atoms with Crippen LogP contribution in [0.1, 0.15) is 0 Å². The molecule has 0 spiro atoms. The van der Waals surface area contributed by atoms with E-state index in [0.29, 0.717) is 0 Å². The molecule has 4 heteroatoms. The molecule has 0 fully saturated rings. The van der Waals surface area contributed by atoms with Gasteiger partial charge in [-0.25, -0.2) is 4.98 Å². The van der Waals surface area contributed by atoms with Gasteiger partial charge >= 0.3 is 0 Å². The number of benzene rings is 1. The summed E-state index contributed by atoms with van der Waals surface area (Å²) >= 11 is 0. The fraction of sp³-hybridized carbons (Fsp3) is 0.118. The summed E-state index contributed by atoms with van der Waals surface area (Å²) in [4.78, 5) is 7.73. The van der Waals surface area contributed by atoms with Crippen molar-refractivity contribution in [3.05, 3.63) is 55.3 Å². The summed E-state index contributed by atoms with van der Waals surface area (Å²) in [5.41, 5.74) is 4.06. The third kappa shape index (κ3) is 2.60. The molecule has 0 unspecified atom stereocenters. The lowest BCUT2D eigenvalue weighted by Crippen LogP contribution is -1.97. The molecule has 3 rings (SSSR count). The zero-order chi connectivity index (χ0) is 14.7. The first-order valence-corrected chi connectivity index (χ1v) is 6.78. The second-order valence-corrected chi connectivity index (χ2v) is 4.70. The Kier molecular flexibility index (Phi) is 3.60. The highest BCUT2D eigenvalue weighted by molar-refractivity contribution is 5.93. The molecule has 0 atom stereocenters. The lowest BCUT2D eigenvalue weighted by Gasteiger charge is -2.03. The smallest absolute Gasteiger partial charge is 0.139 e. The highest BCUT2D eigenvalue weighted by Crippen LogP contribution is 2.28. The van der Waals surface area contributed by atoms with Crippen LogP contribution in [0.4, 0.5) is 5.69 Å². The molecule has 0 amide bonds. The molecule has 2 N–H and O–H groups in total. The minimum absolute atomic E-state index is 0.724. The van der Waals surface area contributed by atoms with Gasteiger partial charge in [-0.2, -0.15) is 0 Å². The maximum absolute atomic E-state index is 5.19. The van der Waals surface area contributed by atoms with Gasteiger partial charge in [0.05, 0.1) is 7.11 Å². The molecular weight excluding hydrogens is 262 g/mol. The van der Waals surface area contributed by atoms with Crippen molar-refractivity contribution in [3.63, 3.8) is 0 Å². The molecule has 0 saturated carbocycles. The van der Waals surface area contributed by atoms with Crippen LogP contribution in [0.15, 0.2) is 55.3 Å². The van der Waals surface area contributed by atoms with E-state index in [1.165, 1.54) is 0 Å². The standard InChI is InChI=1S/C17H17N3O/c1-3-9-18-15-8-10-19-17-14(15)11-16(20-17)12-4-6-13(21-2)7-5-12/h3-8,10-11H,1,9H2,2H3,(H2,18,19,20). The molecule has 0 aliphatic heterocycles. The number of rotatable bonds is 5. The van der Waals surface area contributed by atoms with Gasteiger partial charge in [0.2, 0.25) is 0 Å². The molecule has 1 aromatic carbocycles. The number of fused-ring (bicyclic) bond motifs is 1. The van der Waals surface area contributed by atoms with E-state index in [1.807, 2.05) is 36.4 Å². The van der Waals surface area contributed by atoms with Crippen LogP contribution in [0, 0.1) is 0 Å². The highest BCUT2D eigenvalue weighted by Gasteiger charge is 2.07. The maximum atomic E-state index is 5.19. The third-order valence-electron chi connectivity index (χ3n) is 3.37. The fourth-order valence-corrected chi connectivity index (χ4v) is 2.29. The number of aromatic amines is 1. The van der Waals surface area contributed by atoms with Crippen LogP contribution >= 0.6 is 0 Å². The number of hydrogen-bond donors (Lipinski definition) is 2. The Hall–Kier alpha value is -2.75. The van der Waals surface area contributed by atoms with Crippen molar-refractivity contribution >= 4 is 16.7 Å². The zero-order valence-electron chi connectivity index (χ0n) is 11.9. The topological polar surface area (TPSA) is 49.9 Å². The van der Waals surface area contributed by atoms with Gasteiger partial charge in [-0.15, -0.1) is 6.58 Å². The van der Waals surface area contributed by atoms with E-state index in [0.717, 1.165) is 40.3 Å². The third-order valence-corrected chi connectivity index (χ3v) is 3.37. The maximum Gasteiger partial charge on any atom is 0.139 e. The Balaban J connectivity index is 2.01. The average Bonchev–Trinajstić information content (AvgIpc) is 2.97. The molecule has 2 heterocycles. The molecule has 0 aliphatic carbocycles. The summed E-state index contributed by atoms with van der Waals surface area (Å²) in [7, 11) is 1.67. The Morgan fingerprint density at radius 3 is 2.81 bits per heavy atom. The van der Waals surface area contributed by atoms with E-state index >= 15 is 0 Å².